The second-order valence-corrected chi connectivity index (χ2v) is 3.90. The van der Waals surface area contributed by atoms with Gasteiger partial charge in [-0.05, 0) is 19.0 Å². The second-order valence-electron chi connectivity index (χ2n) is 3.90. The van der Waals surface area contributed by atoms with Crippen molar-refractivity contribution in [3.8, 4) is 11.7 Å². The SMILES string of the molecule is c1cnn(-c2cncc(OC3CCNC3)n2)c1. The summed E-state index contributed by atoms with van der Waals surface area (Å²) in [5, 5.41) is 7.35. The Morgan fingerprint density at radius 2 is 2.41 bits per heavy atom. The monoisotopic (exact) mass is 231 g/mol. The molecule has 1 unspecified atom stereocenters. The third-order valence-corrected chi connectivity index (χ3v) is 2.64. The van der Waals surface area contributed by atoms with Crippen molar-refractivity contribution in [2.45, 2.75) is 12.5 Å². The van der Waals surface area contributed by atoms with Crippen LogP contribution in [-0.4, -0.2) is 38.9 Å². The van der Waals surface area contributed by atoms with Gasteiger partial charge in [0.15, 0.2) is 5.82 Å². The molecule has 2 aromatic heterocycles. The zero-order valence-electron chi connectivity index (χ0n) is 9.28. The Morgan fingerprint density at radius 3 is 3.18 bits per heavy atom. The summed E-state index contributed by atoms with van der Waals surface area (Å²) < 4.78 is 7.40. The molecule has 1 fully saturated rings. The van der Waals surface area contributed by atoms with Crippen LogP contribution in [0.4, 0.5) is 0 Å². The number of aromatic nitrogens is 4. The summed E-state index contributed by atoms with van der Waals surface area (Å²) >= 11 is 0. The topological polar surface area (TPSA) is 64.9 Å². The van der Waals surface area contributed by atoms with E-state index in [-0.39, 0.29) is 6.10 Å². The lowest BCUT2D eigenvalue weighted by molar-refractivity contribution is 0.213. The van der Waals surface area contributed by atoms with Gasteiger partial charge in [0, 0.05) is 18.9 Å². The van der Waals surface area contributed by atoms with Crippen LogP contribution >= 0.6 is 0 Å². The van der Waals surface area contributed by atoms with E-state index >= 15 is 0 Å². The normalized spacial score (nSPS) is 19.4. The fourth-order valence-electron chi connectivity index (χ4n) is 1.81. The first-order chi connectivity index (χ1) is 8.42. The van der Waals surface area contributed by atoms with Gasteiger partial charge in [-0.1, -0.05) is 0 Å². The van der Waals surface area contributed by atoms with Crippen LogP contribution in [0.1, 0.15) is 6.42 Å². The molecule has 1 aliphatic heterocycles. The van der Waals surface area contributed by atoms with Crippen molar-refractivity contribution < 1.29 is 4.74 Å². The summed E-state index contributed by atoms with van der Waals surface area (Å²) in [6.07, 6.45) is 8.02. The van der Waals surface area contributed by atoms with E-state index in [1.54, 1.807) is 23.3 Å². The summed E-state index contributed by atoms with van der Waals surface area (Å²) in [4.78, 5) is 8.48. The van der Waals surface area contributed by atoms with Crippen molar-refractivity contribution in [1.29, 1.82) is 0 Å². The molecule has 0 spiro atoms. The van der Waals surface area contributed by atoms with Gasteiger partial charge in [-0.15, -0.1) is 0 Å². The maximum atomic E-state index is 5.74. The van der Waals surface area contributed by atoms with Crippen molar-refractivity contribution in [3.05, 3.63) is 30.9 Å². The summed E-state index contributed by atoms with van der Waals surface area (Å²) in [6.45, 7) is 1.87. The zero-order valence-corrected chi connectivity index (χ0v) is 9.28. The third-order valence-electron chi connectivity index (χ3n) is 2.64. The van der Waals surface area contributed by atoms with Crippen LogP contribution in [0.25, 0.3) is 5.82 Å². The summed E-state index contributed by atoms with van der Waals surface area (Å²) in [6, 6.07) is 1.84. The van der Waals surface area contributed by atoms with Gasteiger partial charge < -0.3 is 10.1 Å². The summed E-state index contributed by atoms with van der Waals surface area (Å²) in [7, 11) is 0. The van der Waals surface area contributed by atoms with Gasteiger partial charge in [-0.3, -0.25) is 4.98 Å². The minimum absolute atomic E-state index is 0.192. The lowest BCUT2D eigenvalue weighted by atomic mass is 10.3. The van der Waals surface area contributed by atoms with Gasteiger partial charge in [-0.2, -0.15) is 10.1 Å². The van der Waals surface area contributed by atoms with Crippen molar-refractivity contribution in [2.24, 2.45) is 0 Å². The Balaban J connectivity index is 1.79. The predicted molar refractivity (Wildman–Crippen MR) is 61.1 cm³/mol. The van der Waals surface area contributed by atoms with Gasteiger partial charge in [-0.25, -0.2) is 4.68 Å². The largest absolute Gasteiger partial charge is 0.472 e. The van der Waals surface area contributed by atoms with Crippen LogP contribution in [0.15, 0.2) is 30.9 Å². The minimum atomic E-state index is 0.192. The molecule has 6 nitrogen and oxygen atoms in total. The van der Waals surface area contributed by atoms with E-state index in [0.717, 1.165) is 19.5 Å². The quantitative estimate of drug-likeness (QED) is 0.828. The van der Waals surface area contributed by atoms with E-state index < -0.39 is 0 Å². The number of rotatable bonds is 3. The van der Waals surface area contributed by atoms with Gasteiger partial charge in [0.05, 0.1) is 12.4 Å². The van der Waals surface area contributed by atoms with E-state index in [4.69, 9.17) is 4.74 Å². The van der Waals surface area contributed by atoms with Crippen LogP contribution < -0.4 is 10.1 Å². The molecular formula is C11H13N5O. The molecule has 88 valence electrons. The second kappa shape index (κ2) is 4.50. The van der Waals surface area contributed by atoms with Gasteiger partial charge in [0.2, 0.25) is 5.88 Å². The zero-order chi connectivity index (χ0) is 11.5. The minimum Gasteiger partial charge on any atom is -0.472 e. The molecule has 17 heavy (non-hydrogen) atoms. The molecule has 0 saturated carbocycles. The average Bonchev–Trinajstić information content (AvgIpc) is 3.01. The molecule has 0 bridgehead atoms. The first-order valence-corrected chi connectivity index (χ1v) is 5.61. The molecule has 6 heteroatoms. The molecule has 0 aliphatic carbocycles. The molecule has 0 aromatic carbocycles. The van der Waals surface area contributed by atoms with Gasteiger partial charge >= 0.3 is 0 Å². The molecule has 1 N–H and O–H groups in total. The molecule has 1 aliphatic rings. The lowest BCUT2D eigenvalue weighted by Gasteiger charge is -2.11. The van der Waals surface area contributed by atoms with Crippen LogP contribution in [-0.2, 0) is 0 Å². The van der Waals surface area contributed by atoms with Crippen molar-refractivity contribution in [1.82, 2.24) is 25.1 Å². The maximum absolute atomic E-state index is 5.74. The molecule has 0 radical (unpaired) electrons. The lowest BCUT2D eigenvalue weighted by Crippen LogP contribution is -2.20. The number of nitrogens with one attached hydrogen (secondary N) is 1. The van der Waals surface area contributed by atoms with Crippen molar-refractivity contribution >= 4 is 0 Å². The number of nitrogens with zero attached hydrogens (tertiary/aromatic N) is 4. The van der Waals surface area contributed by atoms with Crippen LogP contribution in [0.3, 0.4) is 0 Å². The molecule has 1 saturated heterocycles. The van der Waals surface area contributed by atoms with Crippen molar-refractivity contribution in [2.75, 3.05) is 13.1 Å². The highest BCUT2D eigenvalue weighted by atomic mass is 16.5. The number of hydrogen-bond donors (Lipinski definition) is 1. The van der Waals surface area contributed by atoms with Crippen molar-refractivity contribution in [3.63, 3.8) is 0 Å². The Kier molecular flexibility index (Phi) is 2.71. The van der Waals surface area contributed by atoms with Crippen LogP contribution in [0.2, 0.25) is 0 Å². The first-order valence-electron chi connectivity index (χ1n) is 5.61. The molecule has 2 aromatic rings. The number of hydrogen-bond acceptors (Lipinski definition) is 5. The Labute approximate surface area is 98.7 Å². The molecule has 1 atom stereocenters. The highest BCUT2D eigenvalue weighted by Gasteiger charge is 2.16. The highest BCUT2D eigenvalue weighted by Crippen LogP contribution is 2.12. The Morgan fingerprint density at radius 1 is 1.41 bits per heavy atom. The summed E-state index contributed by atoms with van der Waals surface area (Å²) in [5.41, 5.74) is 0. The molecule has 0 amide bonds. The molecule has 3 heterocycles. The van der Waals surface area contributed by atoms with E-state index in [1.807, 2.05) is 12.3 Å². The third kappa shape index (κ3) is 2.26. The van der Waals surface area contributed by atoms with E-state index in [9.17, 15) is 0 Å². The highest BCUT2D eigenvalue weighted by molar-refractivity contribution is 5.21. The standard InChI is InChI=1S/C11H13N5O/c1-3-14-16(5-1)10-7-13-8-11(15-10)17-9-2-4-12-6-9/h1,3,5,7-9,12H,2,4,6H2. The van der Waals surface area contributed by atoms with Crippen LogP contribution in [0, 0.1) is 0 Å². The van der Waals surface area contributed by atoms with Gasteiger partial charge in [0.25, 0.3) is 0 Å². The fourth-order valence-corrected chi connectivity index (χ4v) is 1.81. The van der Waals surface area contributed by atoms with Crippen LogP contribution in [0.5, 0.6) is 5.88 Å². The Hall–Kier alpha value is -1.95. The smallest absolute Gasteiger partial charge is 0.234 e. The molecule has 3 rings (SSSR count). The van der Waals surface area contributed by atoms with E-state index in [2.05, 4.69) is 20.4 Å². The first kappa shape index (κ1) is 10.2. The Bertz CT molecular complexity index is 478. The molecular weight excluding hydrogens is 218 g/mol. The van der Waals surface area contributed by atoms with Gasteiger partial charge in [0.1, 0.15) is 6.10 Å². The van der Waals surface area contributed by atoms with E-state index in [0.29, 0.717) is 11.7 Å². The predicted octanol–water partition coefficient (Wildman–Crippen LogP) is 0.403. The maximum Gasteiger partial charge on any atom is 0.234 e. The fraction of sp³-hybridized carbons (Fsp3) is 0.364. The number of ether oxygens (including phenoxy) is 1. The van der Waals surface area contributed by atoms with E-state index in [1.165, 1.54) is 0 Å². The summed E-state index contributed by atoms with van der Waals surface area (Å²) in [5.74, 6) is 1.21. The average molecular weight is 231 g/mol.